The van der Waals surface area contributed by atoms with Crippen molar-refractivity contribution < 1.29 is 19.1 Å². The zero-order chi connectivity index (χ0) is 15.0. The highest BCUT2D eigenvalue weighted by Gasteiger charge is 2.16. The molecule has 20 heavy (non-hydrogen) atoms. The van der Waals surface area contributed by atoms with Gasteiger partial charge in [-0.05, 0) is 26.0 Å². The molecule has 0 saturated carbocycles. The number of carbonyl (C=O) groups is 1. The maximum Gasteiger partial charge on any atom is 0.258 e. The minimum atomic E-state index is -0.174. The molecule has 0 aliphatic heterocycles. The van der Waals surface area contributed by atoms with E-state index in [9.17, 15) is 9.90 Å². The smallest absolute Gasteiger partial charge is 0.258 e. The number of hydrogen-bond acceptors (Lipinski definition) is 3. The van der Waals surface area contributed by atoms with E-state index in [-0.39, 0.29) is 18.3 Å². The van der Waals surface area contributed by atoms with Gasteiger partial charge in [0, 0.05) is 0 Å². The van der Waals surface area contributed by atoms with E-state index in [1.807, 2.05) is 0 Å². The van der Waals surface area contributed by atoms with Gasteiger partial charge in [0.25, 0.3) is 5.91 Å². The number of hydrogen-bond donors (Lipinski definition) is 2. The fourth-order valence-corrected chi connectivity index (χ4v) is 1.78. The van der Waals surface area contributed by atoms with Crippen LogP contribution in [0.15, 0.2) is 24.3 Å². The Labute approximate surface area is 120 Å². The van der Waals surface area contributed by atoms with Gasteiger partial charge in [0.2, 0.25) is 0 Å². The number of aromatic hydroxyl groups is 1. The van der Waals surface area contributed by atoms with Crippen LogP contribution in [-0.4, -0.2) is 55.3 Å². The molecule has 0 aliphatic carbocycles. The second-order valence-corrected chi connectivity index (χ2v) is 5.08. The molecule has 5 heteroatoms. The number of quaternary nitrogens is 1. The Kier molecular flexibility index (Phi) is 6.31. The van der Waals surface area contributed by atoms with Crippen LogP contribution < -0.4 is 10.1 Å². The summed E-state index contributed by atoms with van der Waals surface area (Å²) in [5.74, 6) is 0.193. The highest BCUT2D eigenvalue weighted by molar-refractivity contribution is 5.77. The lowest BCUT2D eigenvalue weighted by Gasteiger charge is -2.32. The van der Waals surface area contributed by atoms with E-state index < -0.39 is 0 Å². The number of nitrogens with one attached hydrogen (secondary N) is 1. The van der Waals surface area contributed by atoms with Gasteiger partial charge in [-0.2, -0.15) is 0 Å². The van der Waals surface area contributed by atoms with Gasteiger partial charge in [0.05, 0.1) is 33.2 Å². The van der Waals surface area contributed by atoms with Gasteiger partial charge in [-0.15, -0.1) is 0 Å². The number of benzene rings is 1. The van der Waals surface area contributed by atoms with Gasteiger partial charge >= 0.3 is 0 Å². The Morgan fingerprint density at radius 1 is 1.30 bits per heavy atom. The molecule has 112 valence electrons. The number of likely N-dealkylation sites (N-methyl/N-ethyl adjacent to an activating group) is 1. The van der Waals surface area contributed by atoms with Gasteiger partial charge in [-0.1, -0.05) is 12.1 Å². The third kappa shape index (κ3) is 5.09. The van der Waals surface area contributed by atoms with Gasteiger partial charge in [-0.25, -0.2) is 0 Å². The minimum absolute atomic E-state index is 0.0431. The van der Waals surface area contributed by atoms with Crippen molar-refractivity contribution in [3.63, 3.8) is 0 Å². The molecule has 0 atom stereocenters. The van der Waals surface area contributed by atoms with Crippen molar-refractivity contribution in [3.8, 4) is 11.5 Å². The van der Waals surface area contributed by atoms with E-state index in [4.69, 9.17) is 4.74 Å². The Hall–Kier alpha value is -1.75. The first-order valence-electron chi connectivity index (χ1n) is 7.02. The second-order valence-electron chi connectivity index (χ2n) is 5.08. The number of nitrogens with zero attached hydrogens (tertiary/aromatic N) is 1. The molecule has 0 aliphatic rings. The van der Waals surface area contributed by atoms with Gasteiger partial charge < -0.3 is 19.6 Å². The van der Waals surface area contributed by atoms with Crippen LogP contribution in [-0.2, 0) is 4.79 Å². The molecule has 0 heterocycles. The standard InChI is InChI=1S/C15H24N2O3/c1-4-17(3,5-2)11-10-16-15(19)12-20-14-9-7-6-8-13(14)18/h6-9H,4-5,10-12H2,1-3H3,(H-,16,18,19)/p+1. The molecule has 1 aromatic carbocycles. The summed E-state index contributed by atoms with van der Waals surface area (Å²) >= 11 is 0. The van der Waals surface area contributed by atoms with E-state index in [0.29, 0.717) is 12.3 Å². The summed E-state index contributed by atoms with van der Waals surface area (Å²) in [6.45, 7) is 7.82. The predicted octanol–water partition coefficient (Wildman–Crippen LogP) is 1.37. The maximum absolute atomic E-state index is 11.7. The first kappa shape index (κ1) is 16.3. The van der Waals surface area contributed by atoms with Crippen LogP contribution in [0.1, 0.15) is 13.8 Å². The minimum Gasteiger partial charge on any atom is -0.504 e. The number of rotatable bonds is 8. The summed E-state index contributed by atoms with van der Waals surface area (Å²) in [5.41, 5.74) is 0. The molecular formula is C15H25N2O3+. The van der Waals surface area contributed by atoms with Crippen molar-refractivity contribution in [3.05, 3.63) is 24.3 Å². The normalized spacial score (nSPS) is 11.2. The summed E-state index contributed by atoms with van der Waals surface area (Å²) in [7, 11) is 2.17. The van der Waals surface area contributed by atoms with Crippen LogP contribution in [0.2, 0.25) is 0 Å². The number of amides is 1. The first-order valence-corrected chi connectivity index (χ1v) is 7.02. The molecule has 1 aromatic rings. The monoisotopic (exact) mass is 281 g/mol. The SMILES string of the molecule is CC[N+](C)(CC)CCNC(=O)COc1ccccc1O. The maximum atomic E-state index is 11.7. The number of phenols is 1. The zero-order valence-electron chi connectivity index (χ0n) is 12.6. The lowest BCUT2D eigenvalue weighted by molar-refractivity contribution is -0.904. The van der Waals surface area contributed by atoms with Crippen LogP contribution in [0.3, 0.4) is 0 Å². The number of para-hydroxylation sites is 2. The van der Waals surface area contributed by atoms with Crippen LogP contribution in [0.5, 0.6) is 11.5 Å². The molecule has 2 N–H and O–H groups in total. The van der Waals surface area contributed by atoms with E-state index in [1.165, 1.54) is 6.07 Å². The van der Waals surface area contributed by atoms with Gasteiger partial charge in [-0.3, -0.25) is 4.79 Å². The first-order chi connectivity index (χ1) is 9.50. The van der Waals surface area contributed by atoms with Crippen LogP contribution >= 0.6 is 0 Å². The molecule has 0 fully saturated rings. The Balaban J connectivity index is 2.29. The van der Waals surface area contributed by atoms with Crippen molar-refractivity contribution in [1.29, 1.82) is 0 Å². The quantitative estimate of drug-likeness (QED) is 0.708. The summed E-state index contributed by atoms with van der Waals surface area (Å²) < 4.78 is 6.20. The fourth-order valence-electron chi connectivity index (χ4n) is 1.78. The fraction of sp³-hybridized carbons (Fsp3) is 0.533. The molecule has 0 bridgehead atoms. The number of ether oxygens (including phenoxy) is 1. The van der Waals surface area contributed by atoms with E-state index in [1.54, 1.807) is 18.2 Å². The zero-order valence-corrected chi connectivity index (χ0v) is 12.6. The van der Waals surface area contributed by atoms with Crippen LogP contribution in [0.4, 0.5) is 0 Å². The Bertz CT molecular complexity index is 431. The molecule has 0 saturated heterocycles. The lowest BCUT2D eigenvalue weighted by Crippen LogP contribution is -2.48. The average molecular weight is 281 g/mol. The third-order valence-electron chi connectivity index (χ3n) is 3.72. The van der Waals surface area contributed by atoms with E-state index in [2.05, 4.69) is 26.2 Å². The highest BCUT2D eigenvalue weighted by atomic mass is 16.5. The van der Waals surface area contributed by atoms with Gasteiger partial charge in [0.1, 0.15) is 0 Å². The molecule has 0 spiro atoms. The van der Waals surface area contributed by atoms with Crippen molar-refractivity contribution in [2.75, 3.05) is 39.8 Å². The molecule has 0 unspecified atom stereocenters. The number of phenolic OH excluding ortho intramolecular Hbond substituents is 1. The molecule has 5 nitrogen and oxygen atoms in total. The van der Waals surface area contributed by atoms with Gasteiger partial charge in [0.15, 0.2) is 18.1 Å². The average Bonchev–Trinajstić information content (AvgIpc) is 2.46. The summed E-state index contributed by atoms with van der Waals surface area (Å²) in [6.07, 6.45) is 0. The molecular weight excluding hydrogens is 256 g/mol. The van der Waals surface area contributed by atoms with Crippen molar-refractivity contribution in [2.45, 2.75) is 13.8 Å². The summed E-state index contributed by atoms with van der Waals surface area (Å²) in [6, 6.07) is 6.61. The lowest BCUT2D eigenvalue weighted by atomic mass is 10.3. The van der Waals surface area contributed by atoms with Crippen LogP contribution in [0.25, 0.3) is 0 Å². The Morgan fingerprint density at radius 3 is 2.55 bits per heavy atom. The summed E-state index contributed by atoms with van der Waals surface area (Å²) in [5, 5.41) is 12.3. The molecule has 1 amide bonds. The van der Waals surface area contributed by atoms with E-state index in [0.717, 1.165) is 24.1 Å². The highest BCUT2D eigenvalue weighted by Crippen LogP contribution is 2.23. The summed E-state index contributed by atoms with van der Waals surface area (Å²) in [4.78, 5) is 11.7. The molecule has 1 rings (SSSR count). The Morgan fingerprint density at radius 2 is 1.95 bits per heavy atom. The molecule has 0 aromatic heterocycles. The van der Waals surface area contributed by atoms with Crippen molar-refractivity contribution in [1.82, 2.24) is 5.32 Å². The van der Waals surface area contributed by atoms with Crippen LogP contribution in [0, 0.1) is 0 Å². The predicted molar refractivity (Wildman–Crippen MR) is 78.7 cm³/mol. The van der Waals surface area contributed by atoms with Crippen molar-refractivity contribution in [2.24, 2.45) is 0 Å². The number of carbonyl (C=O) groups excluding carboxylic acids is 1. The van der Waals surface area contributed by atoms with Crippen molar-refractivity contribution >= 4 is 5.91 Å². The molecule has 0 radical (unpaired) electrons. The van der Waals surface area contributed by atoms with E-state index >= 15 is 0 Å². The largest absolute Gasteiger partial charge is 0.504 e. The topological polar surface area (TPSA) is 58.6 Å². The third-order valence-corrected chi connectivity index (χ3v) is 3.72. The second kappa shape index (κ2) is 7.75.